The first-order valence-electron chi connectivity index (χ1n) is 26.3. The third-order valence-electron chi connectivity index (χ3n) is 16.5. The van der Waals surface area contributed by atoms with Crippen molar-refractivity contribution < 1.29 is 0 Å². The number of nitrogens with zero attached hydrogens (tertiary/aromatic N) is 2. The third kappa shape index (κ3) is 7.61. The normalized spacial score (nSPS) is 13.5. The lowest BCUT2D eigenvalue weighted by Crippen LogP contribution is -2.16. The van der Waals surface area contributed by atoms with Gasteiger partial charge in [0.25, 0.3) is 0 Å². The number of aryl methyl sites for hydroxylation is 6. The standard InChI is InChI=1S/C72H64N2/c1-45-25-33-55(34-26-45)73(69-47(3)17-15-21-57(69)53-29-37-61-59-19-11-13-23-63(59)71(7,8)65(61)43-53)67-39-31-51(41-49(67)5)52-32-40-68(50(6)42-52)74(56-35-27-46(2)28-36-56)70-48(4)18-16-22-58(70)54-30-38-62-60-20-12-14-24-64(60)72(9,10)66(62)44-54/h11-44H,1-10H3. The minimum Gasteiger partial charge on any atom is -0.309 e. The summed E-state index contributed by atoms with van der Waals surface area (Å²) in [5.41, 5.74) is 32.3. The summed E-state index contributed by atoms with van der Waals surface area (Å²) < 4.78 is 0. The first kappa shape index (κ1) is 46.8. The van der Waals surface area contributed by atoms with E-state index in [0.29, 0.717) is 0 Å². The van der Waals surface area contributed by atoms with E-state index in [9.17, 15) is 0 Å². The number of hydrogen-bond acceptors (Lipinski definition) is 2. The van der Waals surface area contributed by atoms with Crippen LogP contribution in [0.4, 0.5) is 34.1 Å². The summed E-state index contributed by atoms with van der Waals surface area (Å²) in [6.07, 6.45) is 0. The molecule has 2 aliphatic carbocycles. The minimum atomic E-state index is -0.0952. The summed E-state index contributed by atoms with van der Waals surface area (Å²) in [4.78, 5) is 4.98. The Balaban J connectivity index is 0.941. The zero-order valence-corrected chi connectivity index (χ0v) is 44.5. The van der Waals surface area contributed by atoms with Crippen LogP contribution in [0.3, 0.4) is 0 Å². The van der Waals surface area contributed by atoms with Crippen molar-refractivity contribution >= 4 is 34.1 Å². The molecule has 2 nitrogen and oxygen atoms in total. The topological polar surface area (TPSA) is 6.48 Å². The molecule has 0 saturated heterocycles. The SMILES string of the molecule is Cc1ccc(N(c2ccc(-c3ccc(N(c4ccc(C)cc4)c4c(C)cccc4-c4ccc5c(c4)C(C)(C)c4ccccc4-5)c(C)c3)cc2C)c2c(C)cccc2-c2ccc3c(c2)C(C)(C)c2ccccc2-3)cc1. The van der Waals surface area contributed by atoms with Gasteiger partial charge in [-0.25, -0.2) is 0 Å². The molecule has 0 amide bonds. The Morgan fingerprint density at radius 1 is 0.270 bits per heavy atom. The van der Waals surface area contributed by atoms with Crippen LogP contribution in [0.1, 0.15) is 83.3 Å². The smallest absolute Gasteiger partial charge is 0.0569 e. The van der Waals surface area contributed by atoms with Gasteiger partial charge >= 0.3 is 0 Å². The van der Waals surface area contributed by atoms with E-state index in [2.05, 4.69) is 285 Å². The molecule has 0 aliphatic heterocycles. The van der Waals surface area contributed by atoms with Gasteiger partial charge in [0.05, 0.1) is 11.4 Å². The van der Waals surface area contributed by atoms with Gasteiger partial charge in [-0.3, -0.25) is 0 Å². The maximum absolute atomic E-state index is 2.49. The molecule has 0 atom stereocenters. The Morgan fingerprint density at radius 2 is 0.622 bits per heavy atom. The predicted octanol–water partition coefficient (Wildman–Crippen LogP) is 20.1. The van der Waals surface area contributed by atoms with Crippen molar-refractivity contribution in [2.45, 2.75) is 80.1 Å². The van der Waals surface area contributed by atoms with Crippen molar-refractivity contribution in [2.24, 2.45) is 0 Å². The van der Waals surface area contributed by atoms with Crippen LogP contribution >= 0.6 is 0 Å². The largest absolute Gasteiger partial charge is 0.309 e. The van der Waals surface area contributed by atoms with E-state index in [1.54, 1.807) is 0 Å². The van der Waals surface area contributed by atoms with E-state index in [1.807, 2.05) is 0 Å². The molecule has 0 bridgehead atoms. The molecule has 10 aromatic carbocycles. The summed E-state index contributed by atoms with van der Waals surface area (Å²) in [6.45, 7) is 22.9. The fourth-order valence-electron chi connectivity index (χ4n) is 12.5. The number of para-hydroxylation sites is 2. The minimum absolute atomic E-state index is 0.0952. The maximum Gasteiger partial charge on any atom is 0.0569 e. The van der Waals surface area contributed by atoms with E-state index in [1.165, 1.54) is 123 Å². The highest BCUT2D eigenvalue weighted by Gasteiger charge is 2.37. The molecular weight excluding hydrogens is 893 g/mol. The monoisotopic (exact) mass is 957 g/mol. The molecule has 0 N–H and O–H groups in total. The summed E-state index contributed by atoms with van der Waals surface area (Å²) >= 11 is 0. The Morgan fingerprint density at radius 3 is 1.01 bits per heavy atom. The van der Waals surface area contributed by atoms with Crippen LogP contribution in [0.2, 0.25) is 0 Å². The molecule has 0 heterocycles. The van der Waals surface area contributed by atoms with Crippen LogP contribution in [0.25, 0.3) is 55.6 Å². The molecule has 74 heavy (non-hydrogen) atoms. The fourth-order valence-corrected chi connectivity index (χ4v) is 12.5. The molecule has 0 unspecified atom stereocenters. The number of hydrogen-bond donors (Lipinski definition) is 0. The summed E-state index contributed by atoms with van der Waals surface area (Å²) in [5.74, 6) is 0. The second-order valence-corrected chi connectivity index (χ2v) is 22.1. The lowest BCUT2D eigenvalue weighted by molar-refractivity contribution is 0.660. The lowest BCUT2D eigenvalue weighted by atomic mass is 9.81. The maximum atomic E-state index is 2.49. The molecule has 0 radical (unpaired) electrons. The summed E-state index contributed by atoms with van der Waals surface area (Å²) in [5, 5.41) is 0. The van der Waals surface area contributed by atoms with Gasteiger partial charge in [-0.2, -0.15) is 0 Å². The Kier molecular flexibility index (Phi) is 11.3. The summed E-state index contributed by atoms with van der Waals surface area (Å²) in [6, 6.07) is 77.7. The lowest BCUT2D eigenvalue weighted by Gasteiger charge is -2.32. The van der Waals surface area contributed by atoms with E-state index in [-0.39, 0.29) is 10.8 Å². The average molecular weight is 957 g/mol. The third-order valence-corrected chi connectivity index (χ3v) is 16.5. The number of fused-ring (bicyclic) bond motifs is 6. The molecule has 0 fully saturated rings. The molecule has 0 spiro atoms. The zero-order valence-electron chi connectivity index (χ0n) is 44.5. The molecule has 0 aromatic heterocycles. The molecular formula is C72H64N2. The Hall–Kier alpha value is -8.20. The van der Waals surface area contributed by atoms with E-state index < -0.39 is 0 Å². The first-order chi connectivity index (χ1) is 35.7. The van der Waals surface area contributed by atoms with Crippen molar-refractivity contribution in [3.63, 3.8) is 0 Å². The van der Waals surface area contributed by atoms with Crippen molar-refractivity contribution in [1.82, 2.24) is 0 Å². The molecule has 0 saturated carbocycles. The molecule has 10 aromatic rings. The quantitative estimate of drug-likeness (QED) is 0.142. The molecule has 12 rings (SSSR count). The van der Waals surface area contributed by atoms with Gasteiger partial charge in [0.1, 0.15) is 0 Å². The van der Waals surface area contributed by atoms with Gasteiger partial charge < -0.3 is 9.80 Å². The predicted molar refractivity (Wildman–Crippen MR) is 316 cm³/mol. The highest BCUT2D eigenvalue weighted by Crippen LogP contribution is 2.54. The van der Waals surface area contributed by atoms with Crippen molar-refractivity contribution in [3.05, 3.63) is 262 Å². The van der Waals surface area contributed by atoms with Crippen molar-refractivity contribution in [2.75, 3.05) is 9.80 Å². The Bertz CT molecular complexity index is 3590. The number of rotatable bonds is 9. The van der Waals surface area contributed by atoms with Crippen LogP contribution in [0, 0.1) is 41.5 Å². The van der Waals surface area contributed by atoms with E-state index in [4.69, 9.17) is 0 Å². The zero-order chi connectivity index (χ0) is 51.2. The van der Waals surface area contributed by atoms with Crippen LogP contribution in [0.5, 0.6) is 0 Å². The van der Waals surface area contributed by atoms with Gasteiger partial charge in [-0.05, 0) is 191 Å². The van der Waals surface area contributed by atoms with Crippen LogP contribution in [-0.2, 0) is 10.8 Å². The molecule has 2 aliphatic rings. The van der Waals surface area contributed by atoms with Gasteiger partial charge in [0, 0.05) is 44.7 Å². The average Bonchev–Trinajstić information content (AvgIpc) is 3.80. The van der Waals surface area contributed by atoms with Gasteiger partial charge in [0.15, 0.2) is 0 Å². The van der Waals surface area contributed by atoms with Gasteiger partial charge in [-0.15, -0.1) is 0 Å². The summed E-state index contributed by atoms with van der Waals surface area (Å²) in [7, 11) is 0. The van der Waals surface area contributed by atoms with E-state index in [0.717, 1.165) is 22.7 Å². The van der Waals surface area contributed by atoms with Crippen LogP contribution < -0.4 is 9.80 Å². The second-order valence-electron chi connectivity index (χ2n) is 22.1. The number of benzene rings is 10. The highest BCUT2D eigenvalue weighted by atomic mass is 15.2. The molecule has 362 valence electrons. The first-order valence-corrected chi connectivity index (χ1v) is 26.3. The van der Waals surface area contributed by atoms with Crippen molar-refractivity contribution in [3.8, 4) is 55.6 Å². The van der Waals surface area contributed by atoms with Gasteiger partial charge in [0.2, 0.25) is 0 Å². The Labute approximate surface area is 439 Å². The fraction of sp³-hybridized carbons (Fsp3) is 0.167. The number of anilines is 6. The highest BCUT2D eigenvalue weighted by molar-refractivity contribution is 5.95. The van der Waals surface area contributed by atoms with Crippen LogP contribution in [-0.4, -0.2) is 0 Å². The van der Waals surface area contributed by atoms with E-state index >= 15 is 0 Å². The second kappa shape index (κ2) is 17.8. The van der Waals surface area contributed by atoms with Gasteiger partial charge in [-0.1, -0.05) is 184 Å². The van der Waals surface area contributed by atoms with Crippen LogP contribution in [0.15, 0.2) is 206 Å². The molecule has 2 heteroatoms. The van der Waals surface area contributed by atoms with Crippen molar-refractivity contribution in [1.29, 1.82) is 0 Å².